The number of piperidine rings is 1. The van der Waals surface area contributed by atoms with Crippen molar-refractivity contribution in [2.24, 2.45) is 5.92 Å². The van der Waals surface area contributed by atoms with Gasteiger partial charge in [0.15, 0.2) is 0 Å². The molecule has 1 unspecified atom stereocenters. The standard InChI is InChI=1S/C19H23N3O/c1-15-7-6-10-22(14-15)18-11-16(12-20-13-18)19(23)21(2)17-8-4-3-5-9-17/h3-5,8-9,11-13,15H,6-7,10,14H2,1-2H3. The third kappa shape index (κ3) is 3.52. The number of hydrogen-bond acceptors (Lipinski definition) is 3. The second-order valence-electron chi connectivity index (χ2n) is 6.32. The molecule has 23 heavy (non-hydrogen) atoms. The number of benzene rings is 1. The molecule has 0 saturated carbocycles. The van der Waals surface area contributed by atoms with Crippen LogP contribution in [0, 0.1) is 5.92 Å². The minimum atomic E-state index is -0.0318. The van der Waals surface area contributed by atoms with Crippen molar-refractivity contribution in [3.8, 4) is 0 Å². The van der Waals surface area contributed by atoms with Crippen molar-refractivity contribution in [3.63, 3.8) is 0 Å². The third-order valence-electron chi connectivity index (χ3n) is 4.44. The van der Waals surface area contributed by atoms with Crippen LogP contribution < -0.4 is 9.80 Å². The summed E-state index contributed by atoms with van der Waals surface area (Å²) in [5, 5.41) is 0. The molecular weight excluding hydrogens is 286 g/mol. The highest BCUT2D eigenvalue weighted by Crippen LogP contribution is 2.24. The van der Waals surface area contributed by atoms with Gasteiger partial charge in [0, 0.05) is 32.0 Å². The number of para-hydroxylation sites is 1. The lowest BCUT2D eigenvalue weighted by Crippen LogP contribution is -2.34. The summed E-state index contributed by atoms with van der Waals surface area (Å²) in [6, 6.07) is 11.6. The van der Waals surface area contributed by atoms with E-state index in [2.05, 4.69) is 16.8 Å². The average Bonchev–Trinajstić information content (AvgIpc) is 2.61. The Morgan fingerprint density at radius 2 is 2.04 bits per heavy atom. The van der Waals surface area contributed by atoms with Gasteiger partial charge in [0.05, 0.1) is 17.4 Å². The molecule has 4 heteroatoms. The Bertz CT molecular complexity index is 671. The number of aromatic nitrogens is 1. The maximum Gasteiger partial charge on any atom is 0.259 e. The molecule has 0 bridgehead atoms. The van der Waals surface area contributed by atoms with Crippen LogP contribution >= 0.6 is 0 Å². The highest BCUT2D eigenvalue weighted by atomic mass is 16.2. The number of nitrogens with zero attached hydrogens (tertiary/aromatic N) is 3. The number of anilines is 2. The van der Waals surface area contributed by atoms with Gasteiger partial charge in [-0.3, -0.25) is 9.78 Å². The molecule has 1 amide bonds. The van der Waals surface area contributed by atoms with Crippen molar-refractivity contribution in [1.29, 1.82) is 0 Å². The Morgan fingerprint density at radius 1 is 1.26 bits per heavy atom. The Labute approximate surface area is 137 Å². The van der Waals surface area contributed by atoms with Gasteiger partial charge in [-0.2, -0.15) is 0 Å². The zero-order valence-corrected chi connectivity index (χ0v) is 13.8. The van der Waals surface area contributed by atoms with Gasteiger partial charge in [0.25, 0.3) is 5.91 Å². The molecule has 0 N–H and O–H groups in total. The van der Waals surface area contributed by atoms with Crippen LogP contribution in [0.5, 0.6) is 0 Å². The van der Waals surface area contributed by atoms with Gasteiger partial charge in [-0.25, -0.2) is 0 Å². The second kappa shape index (κ2) is 6.82. The molecule has 1 aliphatic heterocycles. The molecule has 2 heterocycles. The van der Waals surface area contributed by atoms with E-state index < -0.39 is 0 Å². The van der Waals surface area contributed by atoms with Gasteiger partial charge < -0.3 is 9.80 Å². The van der Waals surface area contributed by atoms with Crippen molar-refractivity contribution in [2.45, 2.75) is 19.8 Å². The molecule has 0 spiro atoms. The van der Waals surface area contributed by atoms with Crippen LogP contribution in [0.25, 0.3) is 0 Å². The lowest BCUT2D eigenvalue weighted by molar-refractivity contribution is 0.0992. The molecule has 1 aliphatic rings. The molecular formula is C19H23N3O. The van der Waals surface area contributed by atoms with Crippen LogP contribution in [-0.4, -0.2) is 31.0 Å². The van der Waals surface area contributed by atoms with Crippen molar-refractivity contribution in [1.82, 2.24) is 4.98 Å². The first-order valence-corrected chi connectivity index (χ1v) is 8.18. The first-order chi connectivity index (χ1) is 11.1. The fourth-order valence-electron chi connectivity index (χ4n) is 3.10. The first kappa shape index (κ1) is 15.5. The van der Waals surface area contributed by atoms with E-state index in [1.807, 2.05) is 42.6 Å². The maximum absolute atomic E-state index is 12.7. The average molecular weight is 309 g/mol. The second-order valence-corrected chi connectivity index (χ2v) is 6.32. The summed E-state index contributed by atoms with van der Waals surface area (Å²) in [6.07, 6.45) is 5.98. The van der Waals surface area contributed by atoms with Gasteiger partial charge in [-0.05, 0) is 37.0 Å². The number of carbonyl (C=O) groups is 1. The van der Waals surface area contributed by atoms with Crippen LogP contribution in [0.4, 0.5) is 11.4 Å². The molecule has 1 saturated heterocycles. The van der Waals surface area contributed by atoms with Gasteiger partial charge in [0.2, 0.25) is 0 Å². The fourth-order valence-corrected chi connectivity index (χ4v) is 3.10. The van der Waals surface area contributed by atoms with Crippen molar-refractivity contribution in [3.05, 3.63) is 54.4 Å². The molecule has 0 aliphatic carbocycles. The number of pyridine rings is 1. The summed E-state index contributed by atoms with van der Waals surface area (Å²) in [5.41, 5.74) is 2.56. The smallest absolute Gasteiger partial charge is 0.259 e. The van der Waals surface area contributed by atoms with Gasteiger partial charge in [0.1, 0.15) is 0 Å². The lowest BCUT2D eigenvalue weighted by Gasteiger charge is -2.32. The summed E-state index contributed by atoms with van der Waals surface area (Å²) < 4.78 is 0. The Kier molecular flexibility index (Phi) is 4.60. The Hall–Kier alpha value is -2.36. The lowest BCUT2D eigenvalue weighted by atomic mass is 10.00. The van der Waals surface area contributed by atoms with E-state index in [0.717, 1.165) is 24.5 Å². The largest absolute Gasteiger partial charge is 0.370 e. The van der Waals surface area contributed by atoms with E-state index >= 15 is 0 Å². The summed E-state index contributed by atoms with van der Waals surface area (Å²) in [6.45, 7) is 4.35. The molecule has 1 atom stereocenters. The third-order valence-corrected chi connectivity index (χ3v) is 4.44. The molecule has 2 aromatic rings. The molecule has 0 radical (unpaired) electrons. The quantitative estimate of drug-likeness (QED) is 0.869. The van der Waals surface area contributed by atoms with Crippen LogP contribution in [0.2, 0.25) is 0 Å². The number of hydrogen-bond donors (Lipinski definition) is 0. The van der Waals surface area contributed by atoms with Crippen LogP contribution in [-0.2, 0) is 0 Å². The number of amides is 1. The van der Waals surface area contributed by atoms with E-state index in [-0.39, 0.29) is 5.91 Å². The fraction of sp³-hybridized carbons (Fsp3) is 0.368. The summed E-state index contributed by atoms with van der Waals surface area (Å²) in [7, 11) is 1.80. The van der Waals surface area contributed by atoms with Crippen molar-refractivity contribution >= 4 is 17.3 Å². The van der Waals surface area contributed by atoms with Crippen LogP contribution in [0.1, 0.15) is 30.1 Å². The number of carbonyl (C=O) groups excluding carboxylic acids is 1. The molecule has 120 valence electrons. The Morgan fingerprint density at radius 3 is 2.78 bits per heavy atom. The van der Waals surface area contributed by atoms with E-state index in [4.69, 9.17) is 0 Å². The number of rotatable bonds is 3. The zero-order valence-electron chi connectivity index (χ0n) is 13.8. The van der Waals surface area contributed by atoms with E-state index in [1.54, 1.807) is 18.1 Å². The summed E-state index contributed by atoms with van der Waals surface area (Å²) >= 11 is 0. The minimum absolute atomic E-state index is 0.0318. The summed E-state index contributed by atoms with van der Waals surface area (Å²) in [5.74, 6) is 0.658. The summed E-state index contributed by atoms with van der Waals surface area (Å²) in [4.78, 5) is 21.0. The monoisotopic (exact) mass is 309 g/mol. The van der Waals surface area contributed by atoms with Gasteiger partial charge in [-0.15, -0.1) is 0 Å². The molecule has 1 fully saturated rings. The molecule has 1 aromatic carbocycles. The van der Waals surface area contributed by atoms with E-state index in [0.29, 0.717) is 11.5 Å². The SMILES string of the molecule is CC1CCCN(c2cncc(C(=O)N(C)c3ccccc3)c2)C1. The van der Waals surface area contributed by atoms with Crippen LogP contribution in [0.15, 0.2) is 48.8 Å². The normalized spacial score (nSPS) is 17.8. The zero-order chi connectivity index (χ0) is 16.2. The topological polar surface area (TPSA) is 36.4 Å². The van der Waals surface area contributed by atoms with Gasteiger partial charge >= 0.3 is 0 Å². The Balaban J connectivity index is 1.80. The molecule has 3 rings (SSSR count). The highest BCUT2D eigenvalue weighted by Gasteiger charge is 2.19. The molecule has 1 aromatic heterocycles. The predicted octanol–water partition coefficient (Wildman–Crippen LogP) is 3.59. The highest BCUT2D eigenvalue weighted by molar-refractivity contribution is 6.06. The first-order valence-electron chi connectivity index (χ1n) is 8.18. The van der Waals surface area contributed by atoms with E-state index in [9.17, 15) is 4.79 Å². The molecule has 4 nitrogen and oxygen atoms in total. The predicted molar refractivity (Wildman–Crippen MR) is 94.0 cm³/mol. The van der Waals surface area contributed by atoms with Crippen LogP contribution in [0.3, 0.4) is 0 Å². The van der Waals surface area contributed by atoms with E-state index in [1.165, 1.54) is 12.8 Å². The minimum Gasteiger partial charge on any atom is -0.370 e. The van der Waals surface area contributed by atoms with Crippen molar-refractivity contribution < 1.29 is 4.79 Å². The van der Waals surface area contributed by atoms with Crippen molar-refractivity contribution in [2.75, 3.05) is 29.9 Å². The van der Waals surface area contributed by atoms with Gasteiger partial charge in [-0.1, -0.05) is 25.1 Å². The maximum atomic E-state index is 12.7.